The highest BCUT2D eigenvalue weighted by molar-refractivity contribution is 6.16. The molecular weight excluding hydrogens is 219 g/mol. The lowest BCUT2D eigenvalue weighted by Crippen LogP contribution is -2.55. The first-order valence-electron chi connectivity index (χ1n) is 7.03. The minimum absolute atomic E-state index is 0.0714. The van der Waals surface area contributed by atoms with E-state index in [1.165, 1.54) is 5.56 Å². The van der Waals surface area contributed by atoms with E-state index in [2.05, 4.69) is 23.5 Å². The van der Waals surface area contributed by atoms with Crippen molar-refractivity contribution in [3.63, 3.8) is 0 Å². The Morgan fingerprint density at radius 2 is 1.78 bits per heavy atom. The van der Waals surface area contributed by atoms with Gasteiger partial charge in [-0.15, -0.1) is 0 Å². The molecule has 1 aliphatic carbocycles. The predicted octanol–water partition coefficient (Wildman–Crippen LogP) is 1.92. The van der Waals surface area contributed by atoms with Crippen LogP contribution in [0.15, 0.2) is 24.3 Å². The lowest BCUT2D eigenvalue weighted by Gasteiger charge is -2.45. The van der Waals surface area contributed by atoms with Crippen LogP contribution < -0.4 is 11.1 Å². The zero-order valence-electron chi connectivity index (χ0n) is 11.5. The quantitative estimate of drug-likeness (QED) is 0.682. The van der Waals surface area contributed by atoms with Crippen LogP contribution in [0.2, 0.25) is 0 Å². The molecule has 0 bridgehead atoms. The number of hydrogen-bond donors (Lipinski definition) is 2. The van der Waals surface area contributed by atoms with Crippen molar-refractivity contribution in [1.82, 2.24) is 5.32 Å². The summed E-state index contributed by atoms with van der Waals surface area (Å²) in [5.74, 6) is 0. The lowest BCUT2D eigenvalue weighted by atomic mass is 9.56. The Balaban J connectivity index is 0.000000574. The zero-order valence-corrected chi connectivity index (χ0v) is 11.5. The Hall–Kier alpha value is -0.795. The normalized spacial score (nSPS) is 28.4. The van der Waals surface area contributed by atoms with Crippen LogP contribution in [-0.4, -0.2) is 20.9 Å². The van der Waals surface area contributed by atoms with E-state index in [4.69, 9.17) is 13.6 Å². The molecule has 3 N–H and O–H groups in total. The van der Waals surface area contributed by atoms with Gasteiger partial charge in [0.1, 0.15) is 7.85 Å². The molecular formula is C15H23BN2. The van der Waals surface area contributed by atoms with E-state index in [-0.39, 0.29) is 5.41 Å². The van der Waals surface area contributed by atoms with Gasteiger partial charge < -0.3 is 11.1 Å². The molecule has 1 aromatic carbocycles. The predicted molar refractivity (Wildman–Crippen MR) is 77.7 cm³/mol. The van der Waals surface area contributed by atoms with Crippen LogP contribution in [0.3, 0.4) is 0 Å². The summed E-state index contributed by atoms with van der Waals surface area (Å²) in [6.07, 6.45) is 3.20. The number of nitrogens with one attached hydrogen (secondary N) is 1. The molecule has 1 fully saturated rings. The average molecular weight is 242 g/mol. The monoisotopic (exact) mass is 242 g/mol. The van der Waals surface area contributed by atoms with Crippen LogP contribution in [0, 0.1) is 5.41 Å². The van der Waals surface area contributed by atoms with Gasteiger partial charge in [-0.2, -0.15) is 0 Å². The van der Waals surface area contributed by atoms with Crippen molar-refractivity contribution < 1.29 is 0 Å². The SMILES string of the molecule is CC.[B]C1(N)c2ccccc2CC12CCNCC2. The zero-order chi connectivity index (χ0) is 13.2. The molecule has 1 heterocycles. The summed E-state index contributed by atoms with van der Waals surface area (Å²) in [5, 5.41) is 3.39. The molecule has 2 aliphatic rings. The molecule has 0 saturated carbocycles. The maximum absolute atomic E-state index is 6.45. The highest BCUT2D eigenvalue weighted by Gasteiger charge is 2.51. The number of benzene rings is 1. The molecule has 18 heavy (non-hydrogen) atoms. The molecule has 1 atom stereocenters. The Morgan fingerprint density at radius 3 is 2.39 bits per heavy atom. The number of fused-ring (bicyclic) bond motifs is 1. The average Bonchev–Trinajstić information content (AvgIpc) is 2.62. The van der Waals surface area contributed by atoms with Crippen molar-refractivity contribution in [2.45, 2.75) is 38.5 Å². The van der Waals surface area contributed by atoms with Gasteiger partial charge in [0.2, 0.25) is 0 Å². The van der Waals surface area contributed by atoms with Gasteiger partial charge in [0.05, 0.1) is 0 Å². The molecule has 1 spiro atoms. The molecule has 1 unspecified atom stereocenters. The second-order valence-electron chi connectivity index (χ2n) is 5.23. The first kappa shape index (κ1) is 13.6. The van der Waals surface area contributed by atoms with E-state index in [1.54, 1.807) is 0 Å². The van der Waals surface area contributed by atoms with E-state index >= 15 is 0 Å². The molecule has 1 aliphatic heterocycles. The highest BCUT2D eigenvalue weighted by atomic mass is 14.9. The summed E-state index contributed by atoms with van der Waals surface area (Å²) in [4.78, 5) is 0. The third kappa shape index (κ3) is 1.90. The Bertz CT molecular complexity index is 409. The molecule has 0 aromatic heterocycles. The Labute approximate surface area is 112 Å². The van der Waals surface area contributed by atoms with E-state index in [1.807, 2.05) is 19.9 Å². The Morgan fingerprint density at radius 1 is 1.17 bits per heavy atom. The number of nitrogens with two attached hydrogens (primary N) is 1. The summed E-state index contributed by atoms with van der Waals surface area (Å²) in [6, 6.07) is 8.37. The van der Waals surface area contributed by atoms with E-state index in [0.717, 1.165) is 37.9 Å². The van der Waals surface area contributed by atoms with E-state index in [0.29, 0.717) is 0 Å². The van der Waals surface area contributed by atoms with Crippen LogP contribution in [-0.2, 0) is 11.9 Å². The molecule has 2 radical (unpaired) electrons. The minimum Gasteiger partial charge on any atom is -0.329 e. The van der Waals surface area contributed by atoms with Crippen LogP contribution >= 0.6 is 0 Å². The molecule has 0 amide bonds. The summed E-state index contributed by atoms with van der Waals surface area (Å²) in [7, 11) is 6.45. The van der Waals surface area contributed by atoms with Crippen LogP contribution in [0.4, 0.5) is 0 Å². The third-order valence-corrected chi connectivity index (χ3v) is 4.43. The standard InChI is InChI=1S/C13H17BN2.C2H6/c14-13(15)11-4-2-1-3-10(11)9-12(13)5-7-16-8-6-12;1-2/h1-4,16H,5-9,15H2;1-2H3. The maximum atomic E-state index is 6.45. The fourth-order valence-corrected chi connectivity index (χ4v) is 3.37. The first-order valence-corrected chi connectivity index (χ1v) is 7.03. The van der Waals surface area contributed by atoms with Gasteiger partial charge in [-0.1, -0.05) is 38.1 Å². The van der Waals surface area contributed by atoms with Crippen LogP contribution in [0.5, 0.6) is 0 Å². The van der Waals surface area contributed by atoms with Gasteiger partial charge in [-0.25, -0.2) is 0 Å². The van der Waals surface area contributed by atoms with Crippen molar-refractivity contribution in [2.75, 3.05) is 13.1 Å². The second-order valence-corrected chi connectivity index (χ2v) is 5.23. The second kappa shape index (κ2) is 5.06. The van der Waals surface area contributed by atoms with Gasteiger partial charge in [-0.05, 0) is 48.9 Å². The van der Waals surface area contributed by atoms with Gasteiger partial charge in [0.25, 0.3) is 0 Å². The molecule has 1 aromatic rings. The largest absolute Gasteiger partial charge is 0.329 e. The molecule has 3 rings (SSSR count). The van der Waals surface area contributed by atoms with Gasteiger partial charge in [0, 0.05) is 5.44 Å². The summed E-state index contributed by atoms with van der Waals surface area (Å²) in [5.41, 5.74) is 8.37. The summed E-state index contributed by atoms with van der Waals surface area (Å²) >= 11 is 0. The third-order valence-electron chi connectivity index (χ3n) is 4.43. The molecule has 2 nitrogen and oxygen atoms in total. The van der Waals surface area contributed by atoms with Crippen molar-refractivity contribution in [1.29, 1.82) is 0 Å². The van der Waals surface area contributed by atoms with E-state index < -0.39 is 5.44 Å². The lowest BCUT2D eigenvalue weighted by molar-refractivity contribution is 0.148. The van der Waals surface area contributed by atoms with Gasteiger partial charge in [-0.3, -0.25) is 0 Å². The van der Waals surface area contributed by atoms with Crippen molar-refractivity contribution in [2.24, 2.45) is 11.1 Å². The summed E-state index contributed by atoms with van der Waals surface area (Å²) < 4.78 is 0. The maximum Gasteiger partial charge on any atom is 0.102 e. The van der Waals surface area contributed by atoms with Gasteiger partial charge >= 0.3 is 0 Å². The number of hydrogen-bond acceptors (Lipinski definition) is 2. The van der Waals surface area contributed by atoms with Crippen molar-refractivity contribution >= 4 is 7.85 Å². The van der Waals surface area contributed by atoms with Gasteiger partial charge in [0.15, 0.2) is 0 Å². The fourth-order valence-electron chi connectivity index (χ4n) is 3.37. The first-order chi connectivity index (χ1) is 8.66. The van der Waals surface area contributed by atoms with Crippen LogP contribution in [0.1, 0.15) is 37.8 Å². The molecule has 96 valence electrons. The fraction of sp³-hybridized carbons (Fsp3) is 0.600. The van der Waals surface area contributed by atoms with Crippen LogP contribution in [0.25, 0.3) is 0 Å². The molecule has 3 heteroatoms. The smallest absolute Gasteiger partial charge is 0.102 e. The number of rotatable bonds is 0. The van der Waals surface area contributed by atoms with Crippen molar-refractivity contribution in [3.8, 4) is 0 Å². The highest BCUT2D eigenvalue weighted by Crippen LogP contribution is 2.51. The topological polar surface area (TPSA) is 38.0 Å². The molecule has 1 saturated heterocycles. The van der Waals surface area contributed by atoms with Crippen molar-refractivity contribution in [3.05, 3.63) is 35.4 Å². The minimum atomic E-state index is -0.647. The Kier molecular flexibility index (Phi) is 3.83. The van der Waals surface area contributed by atoms with E-state index in [9.17, 15) is 0 Å². The summed E-state index contributed by atoms with van der Waals surface area (Å²) in [6.45, 7) is 6.06. The number of piperidine rings is 1.